The maximum Gasteiger partial charge on any atom is 0.252 e. The molecule has 0 saturated carbocycles. The van der Waals surface area contributed by atoms with Crippen molar-refractivity contribution < 1.29 is 14.3 Å². The highest BCUT2D eigenvalue weighted by Gasteiger charge is 2.21. The summed E-state index contributed by atoms with van der Waals surface area (Å²) in [6.45, 7) is 6.27. The van der Waals surface area contributed by atoms with E-state index >= 15 is 0 Å². The SMILES string of the molecule is CCCOc1ccc(CN2CCCCCCCN(C(=O)COC)c3ccc(-c4ccncc4)cc3C2)cc1. The predicted octanol–water partition coefficient (Wildman–Crippen LogP) is 6.48. The van der Waals surface area contributed by atoms with Gasteiger partial charge in [0.25, 0.3) is 5.91 Å². The van der Waals surface area contributed by atoms with Crippen LogP contribution in [0.5, 0.6) is 5.75 Å². The summed E-state index contributed by atoms with van der Waals surface area (Å²) in [7, 11) is 1.59. The van der Waals surface area contributed by atoms with Crippen LogP contribution in [0.25, 0.3) is 11.1 Å². The van der Waals surface area contributed by atoms with Gasteiger partial charge in [-0.1, -0.05) is 44.4 Å². The molecule has 1 aromatic heterocycles. The van der Waals surface area contributed by atoms with Crippen LogP contribution in [0.3, 0.4) is 0 Å². The maximum atomic E-state index is 13.2. The summed E-state index contributed by atoms with van der Waals surface area (Å²) < 4.78 is 11.0. The average Bonchev–Trinajstić information content (AvgIpc) is 2.94. The summed E-state index contributed by atoms with van der Waals surface area (Å²) in [6.07, 6.45) is 10.3. The van der Waals surface area contributed by atoms with Crippen LogP contribution in [-0.4, -0.2) is 49.2 Å². The molecule has 6 nitrogen and oxygen atoms in total. The summed E-state index contributed by atoms with van der Waals surface area (Å²) in [5.74, 6) is 0.931. The van der Waals surface area contributed by atoms with Crippen LogP contribution >= 0.6 is 0 Å². The molecular formula is C32H41N3O3. The molecule has 2 aromatic carbocycles. The molecule has 0 unspecified atom stereocenters. The molecule has 6 heteroatoms. The minimum Gasteiger partial charge on any atom is -0.494 e. The second-order valence-electron chi connectivity index (χ2n) is 10.0. The van der Waals surface area contributed by atoms with Crippen LogP contribution in [0.1, 0.15) is 56.6 Å². The Bertz CT molecular complexity index is 1130. The number of ether oxygens (including phenoxy) is 2. The van der Waals surface area contributed by atoms with E-state index in [1.807, 2.05) is 29.4 Å². The normalized spacial score (nSPS) is 15.3. The molecule has 0 saturated heterocycles. The van der Waals surface area contributed by atoms with Crippen LogP contribution in [-0.2, 0) is 22.6 Å². The number of hydrogen-bond acceptors (Lipinski definition) is 5. The highest BCUT2D eigenvalue weighted by Crippen LogP contribution is 2.30. The second kappa shape index (κ2) is 14.6. The number of methoxy groups -OCH3 is 1. The zero-order valence-electron chi connectivity index (χ0n) is 22.9. The molecule has 3 aromatic rings. The lowest BCUT2D eigenvalue weighted by atomic mass is 10.0. The van der Waals surface area contributed by atoms with Gasteiger partial charge in [-0.3, -0.25) is 14.7 Å². The Kier molecular flexibility index (Phi) is 10.7. The molecule has 0 radical (unpaired) electrons. The highest BCUT2D eigenvalue weighted by molar-refractivity contribution is 5.95. The third-order valence-electron chi connectivity index (χ3n) is 7.01. The van der Waals surface area contributed by atoms with Gasteiger partial charge in [0.1, 0.15) is 12.4 Å². The number of carbonyl (C=O) groups excluding carboxylic acids is 1. The smallest absolute Gasteiger partial charge is 0.252 e. The summed E-state index contributed by atoms with van der Waals surface area (Å²) in [4.78, 5) is 21.8. The molecule has 0 atom stereocenters. The van der Waals surface area contributed by atoms with Gasteiger partial charge < -0.3 is 14.4 Å². The quantitative estimate of drug-likeness (QED) is 0.344. The maximum absolute atomic E-state index is 13.2. The Morgan fingerprint density at radius 3 is 2.37 bits per heavy atom. The van der Waals surface area contributed by atoms with Gasteiger partial charge in [0.05, 0.1) is 6.61 Å². The Labute approximate surface area is 227 Å². The van der Waals surface area contributed by atoms with E-state index in [1.54, 1.807) is 7.11 Å². The standard InChI is InChI=1S/C32H41N3O3/c1-3-21-38-30-12-9-26(10-13-30)23-34-19-7-5-4-6-8-20-35(32(36)25-37-2)31-14-11-28(22-29(31)24-34)27-15-17-33-18-16-27/h9-18,22H,3-8,19-21,23-25H2,1-2H3. The lowest BCUT2D eigenvalue weighted by Crippen LogP contribution is -2.36. The number of hydrogen-bond donors (Lipinski definition) is 0. The number of pyridine rings is 1. The molecule has 1 aliphatic rings. The van der Waals surface area contributed by atoms with Crippen LogP contribution in [0, 0.1) is 0 Å². The van der Waals surface area contributed by atoms with Crippen LogP contribution in [0.2, 0.25) is 0 Å². The first-order chi connectivity index (χ1) is 18.7. The van der Waals surface area contributed by atoms with Crippen LogP contribution in [0.15, 0.2) is 67.0 Å². The van der Waals surface area contributed by atoms with E-state index < -0.39 is 0 Å². The van der Waals surface area contributed by atoms with Gasteiger partial charge in [0.15, 0.2) is 0 Å². The van der Waals surface area contributed by atoms with Crippen LogP contribution < -0.4 is 9.64 Å². The van der Waals surface area contributed by atoms with E-state index in [1.165, 1.54) is 24.8 Å². The number of aromatic nitrogens is 1. The molecule has 202 valence electrons. The van der Waals surface area contributed by atoms with Crippen molar-refractivity contribution in [3.8, 4) is 16.9 Å². The minimum atomic E-state index is 0.0108. The molecule has 4 rings (SSSR count). The largest absolute Gasteiger partial charge is 0.494 e. The van der Waals surface area contributed by atoms with Gasteiger partial charge in [0.2, 0.25) is 0 Å². The Morgan fingerprint density at radius 2 is 1.63 bits per heavy atom. The average molecular weight is 516 g/mol. The van der Waals surface area contributed by atoms with Crippen molar-refractivity contribution in [2.24, 2.45) is 0 Å². The van der Waals surface area contributed by atoms with Gasteiger partial charge in [0, 0.05) is 44.8 Å². The highest BCUT2D eigenvalue weighted by atomic mass is 16.5. The first-order valence-corrected chi connectivity index (χ1v) is 13.9. The van der Waals surface area contributed by atoms with Gasteiger partial charge in [-0.2, -0.15) is 0 Å². The first kappa shape index (κ1) is 27.8. The second-order valence-corrected chi connectivity index (χ2v) is 10.0. The third-order valence-corrected chi connectivity index (χ3v) is 7.01. The number of benzene rings is 2. The molecule has 38 heavy (non-hydrogen) atoms. The fraction of sp³-hybridized carbons (Fsp3) is 0.438. The van der Waals surface area contributed by atoms with Crippen molar-refractivity contribution in [1.29, 1.82) is 0 Å². The van der Waals surface area contributed by atoms with Crippen molar-refractivity contribution in [1.82, 2.24) is 9.88 Å². The van der Waals surface area contributed by atoms with E-state index in [0.29, 0.717) is 6.54 Å². The zero-order chi connectivity index (χ0) is 26.6. The lowest BCUT2D eigenvalue weighted by molar-refractivity contribution is -0.122. The van der Waals surface area contributed by atoms with E-state index in [4.69, 9.17) is 9.47 Å². The molecule has 0 aliphatic carbocycles. The molecule has 0 bridgehead atoms. The summed E-state index contributed by atoms with van der Waals surface area (Å²) in [6, 6.07) is 19.0. The summed E-state index contributed by atoms with van der Waals surface area (Å²) in [5, 5.41) is 0. The number of anilines is 1. The van der Waals surface area contributed by atoms with Gasteiger partial charge in [-0.25, -0.2) is 0 Å². The molecule has 0 spiro atoms. The van der Waals surface area contributed by atoms with Crippen molar-refractivity contribution >= 4 is 11.6 Å². The first-order valence-electron chi connectivity index (χ1n) is 13.9. The third kappa shape index (κ3) is 7.89. The Balaban J connectivity index is 1.66. The summed E-state index contributed by atoms with van der Waals surface area (Å²) >= 11 is 0. The van der Waals surface area contributed by atoms with E-state index in [-0.39, 0.29) is 12.5 Å². The Hall–Kier alpha value is -3.22. The number of amides is 1. The zero-order valence-corrected chi connectivity index (χ0v) is 22.9. The van der Waals surface area contributed by atoms with Gasteiger partial charge in [-0.05, 0) is 84.5 Å². The van der Waals surface area contributed by atoms with E-state index in [0.717, 1.165) is 73.6 Å². The van der Waals surface area contributed by atoms with Crippen molar-refractivity contribution in [3.05, 3.63) is 78.1 Å². The number of carbonyl (C=O) groups is 1. The fourth-order valence-electron chi connectivity index (χ4n) is 5.04. The topological polar surface area (TPSA) is 54.9 Å². The molecule has 2 heterocycles. The van der Waals surface area contributed by atoms with Gasteiger partial charge in [-0.15, -0.1) is 0 Å². The van der Waals surface area contributed by atoms with E-state index in [9.17, 15) is 4.79 Å². The predicted molar refractivity (Wildman–Crippen MR) is 153 cm³/mol. The van der Waals surface area contributed by atoms with Crippen molar-refractivity contribution in [2.45, 2.75) is 58.5 Å². The summed E-state index contributed by atoms with van der Waals surface area (Å²) in [5.41, 5.74) is 5.67. The van der Waals surface area contributed by atoms with Crippen molar-refractivity contribution in [3.63, 3.8) is 0 Å². The molecule has 0 fully saturated rings. The fourth-order valence-corrected chi connectivity index (χ4v) is 5.04. The number of fused-ring (bicyclic) bond motifs is 1. The Morgan fingerprint density at radius 1 is 0.895 bits per heavy atom. The molecule has 0 N–H and O–H groups in total. The molecule has 1 amide bonds. The molecular weight excluding hydrogens is 474 g/mol. The minimum absolute atomic E-state index is 0.0108. The van der Waals surface area contributed by atoms with Gasteiger partial charge >= 0.3 is 0 Å². The lowest BCUT2D eigenvalue weighted by Gasteiger charge is -2.30. The monoisotopic (exact) mass is 515 g/mol. The number of nitrogens with zero attached hydrogens (tertiary/aromatic N) is 3. The molecule has 1 aliphatic heterocycles. The van der Waals surface area contributed by atoms with Crippen molar-refractivity contribution in [2.75, 3.05) is 38.3 Å². The van der Waals surface area contributed by atoms with E-state index in [2.05, 4.69) is 59.3 Å². The van der Waals surface area contributed by atoms with Crippen LogP contribution in [0.4, 0.5) is 5.69 Å². The number of rotatable bonds is 8.